The molecule has 2 aliphatic rings. The Morgan fingerprint density at radius 2 is 2.21 bits per heavy atom. The third kappa shape index (κ3) is 3.37. The van der Waals surface area contributed by atoms with Crippen molar-refractivity contribution in [3.63, 3.8) is 0 Å². The molecule has 2 N–H and O–H groups in total. The highest BCUT2D eigenvalue weighted by molar-refractivity contribution is 7.12. The minimum absolute atomic E-state index is 0.223. The van der Waals surface area contributed by atoms with Crippen LogP contribution >= 0.6 is 11.3 Å². The van der Waals surface area contributed by atoms with E-state index in [2.05, 4.69) is 16.7 Å². The number of amides is 1. The predicted octanol–water partition coefficient (Wildman–Crippen LogP) is 2.24. The maximum absolute atomic E-state index is 11.9. The molecule has 104 valence electrons. The van der Waals surface area contributed by atoms with Crippen LogP contribution in [-0.2, 0) is 24.2 Å². The van der Waals surface area contributed by atoms with Crippen LogP contribution in [0.15, 0.2) is 6.07 Å². The first kappa shape index (κ1) is 13.1. The standard InChI is InChI=1S/C15H22N2OS/c18-15(8-11-4-6-16-7-5-11)17-10-13-9-12-2-1-3-14(12)19-13/h9,11,16H,1-8,10H2,(H,17,18). The first-order chi connectivity index (χ1) is 9.31. The number of piperidine rings is 1. The van der Waals surface area contributed by atoms with E-state index in [4.69, 9.17) is 0 Å². The van der Waals surface area contributed by atoms with Crippen molar-refractivity contribution in [1.29, 1.82) is 0 Å². The second-order valence-corrected chi connectivity index (χ2v) is 6.91. The van der Waals surface area contributed by atoms with E-state index in [-0.39, 0.29) is 5.91 Å². The molecule has 0 aromatic carbocycles. The fraction of sp³-hybridized carbons (Fsp3) is 0.667. The summed E-state index contributed by atoms with van der Waals surface area (Å²) in [6, 6.07) is 2.29. The number of carbonyl (C=O) groups excluding carboxylic acids is 1. The molecule has 4 heteroatoms. The molecule has 1 saturated heterocycles. The Balaban J connectivity index is 1.44. The van der Waals surface area contributed by atoms with E-state index in [1.165, 1.54) is 29.7 Å². The average Bonchev–Trinajstić information content (AvgIpc) is 2.98. The number of nitrogens with one attached hydrogen (secondary N) is 2. The first-order valence-corrected chi connectivity index (χ1v) is 8.21. The number of carbonyl (C=O) groups is 1. The van der Waals surface area contributed by atoms with Crippen molar-refractivity contribution >= 4 is 17.2 Å². The summed E-state index contributed by atoms with van der Waals surface area (Å²) in [6.45, 7) is 2.85. The lowest BCUT2D eigenvalue weighted by molar-refractivity contribution is -0.122. The molecular formula is C15H22N2OS. The lowest BCUT2D eigenvalue weighted by atomic mass is 9.94. The zero-order chi connectivity index (χ0) is 13.1. The number of rotatable bonds is 4. The Morgan fingerprint density at radius 3 is 3.00 bits per heavy atom. The van der Waals surface area contributed by atoms with Gasteiger partial charge in [0, 0.05) is 16.2 Å². The highest BCUT2D eigenvalue weighted by Gasteiger charge is 2.18. The zero-order valence-corrected chi connectivity index (χ0v) is 12.2. The molecule has 19 heavy (non-hydrogen) atoms. The third-order valence-corrected chi connectivity index (χ3v) is 5.43. The minimum atomic E-state index is 0.223. The van der Waals surface area contributed by atoms with E-state index >= 15 is 0 Å². The van der Waals surface area contributed by atoms with Crippen molar-refractivity contribution in [1.82, 2.24) is 10.6 Å². The summed E-state index contributed by atoms with van der Waals surface area (Å²) in [5, 5.41) is 6.42. The van der Waals surface area contributed by atoms with Gasteiger partial charge < -0.3 is 10.6 Å². The molecule has 0 bridgehead atoms. The topological polar surface area (TPSA) is 41.1 Å². The molecule has 3 rings (SSSR count). The number of aryl methyl sites for hydroxylation is 2. The summed E-state index contributed by atoms with van der Waals surface area (Å²) in [6.07, 6.45) is 6.76. The SMILES string of the molecule is O=C(CC1CCNCC1)NCc1cc2c(s1)CCC2. The van der Waals surface area contributed by atoms with Crippen molar-refractivity contribution in [2.75, 3.05) is 13.1 Å². The highest BCUT2D eigenvalue weighted by atomic mass is 32.1. The highest BCUT2D eigenvalue weighted by Crippen LogP contribution is 2.30. The molecule has 1 aromatic heterocycles. The van der Waals surface area contributed by atoms with Gasteiger partial charge in [-0.25, -0.2) is 0 Å². The summed E-state index contributed by atoms with van der Waals surface area (Å²) in [7, 11) is 0. The Bertz CT molecular complexity index is 427. The summed E-state index contributed by atoms with van der Waals surface area (Å²) in [5.74, 6) is 0.801. The van der Waals surface area contributed by atoms with Gasteiger partial charge in [-0.3, -0.25) is 4.79 Å². The van der Waals surface area contributed by atoms with E-state index in [9.17, 15) is 4.79 Å². The van der Waals surface area contributed by atoms with E-state index in [1.807, 2.05) is 11.3 Å². The summed E-state index contributed by atoms with van der Waals surface area (Å²) < 4.78 is 0. The normalized spacial score (nSPS) is 19.4. The summed E-state index contributed by atoms with van der Waals surface area (Å²) in [5.41, 5.74) is 1.52. The van der Waals surface area contributed by atoms with Crippen LogP contribution in [0.1, 0.15) is 41.0 Å². The molecule has 1 aliphatic carbocycles. The fourth-order valence-electron chi connectivity index (χ4n) is 3.08. The molecular weight excluding hydrogens is 256 g/mol. The van der Waals surface area contributed by atoms with Gasteiger partial charge in [-0.2, -0.15) is 0 Å². The van der Waals surface area contributed by atoms with Crippen molar-refractivity contribution in [3.8, 4) is 0 Å². The van der Waals surface area contributed by atoms with Gasteiger partial charge >= 0.3 is 0 Å². The Labute approximate surface area is 118 Å². The number of thiophene rings is 1. The minimum Gasteiger partial charge on any atom is -0.351 e. The van der Waals surface area contributed by atoms with Crippen LogP contribution in [0, 0.1) is 5.92 Å². The lowest BCUT2D eigenvalue weighted by Crippen LogP contribution is -2.32. The lowest BCUT2D eigenvalue weighted by Gasteiger charge is -2.21. The van der Waals surface area contributed by atoms with Crippen molar-refractivity contribution in [3.05, 3.63) is 21.4 Å². The van der Waals surface area contributed by atoms with Crippen LogP contribution in [0.25, 0.3) is 0 Å². The molecule has 0 spiro atoms. The molecule has 1 aromatic rings. The molecule has 0 unspecified atom stereocenters. The smallest absolute Gasteiger partial charge is 0.220 e. The zero-order valence-electron chi connectivity index (χ0n) is 11.3. The molecule has 1 aliphatic heterocycles. The molecule has 0 atom stereocenters. The van der Waals surface area contributed by atoms with Gasteiger partial charge in [0.2, 0.25) is 5.91 Å². The van der Waals surface area contributed by atoms with Gasteiger partial charge in [0.05, 0.1) is 6.54 Å². The largest absolute Gasteiger partial charge is 0.351 e. The van der Waals surface area contributed by atoms with E-state index in [0.29, 0.717) is 12.3 Å². The number of hydrogen-bond acceptors (Lipinski definition) is 3. The summed E-state index contributed by atoms with van der Waals surface area (Å²) in [4.78, 5) is 14.8. The molecule has 1 fully saturated rings. The van der Waals surface area contributed by atoms with E-state index in [0.717, 1.165) is 32.5 Å². The number of fused-ring (bicyclic) bond motifs is 1. The van der Waals surface area contributed by atoms with Gasteiger partial charge in [0.15, 0.2) is 0 Å². The second kappa shape index (κ2) is 6.06. The fourth-order valence-corrected chi connectivity index (χ4v) is 4.28. The van der Waals surface area contributed by atoms with E-state index < -0.39 is 0 Å². The van der Waals surface area contributed by atoms with Gasteiger partial charge in [-0.1, -0.05) is 0 Å². The molecule has 2 heterocycles. The summed E-state index contributed by atoms with van der Waals surface area (Å²) >= 11 is 1.89. The molecule has 3 nitrogen and oxygen atoms in total. The van der Waals surface area contributed by atoms with Gasteiger partial charge in [-0.15, -0.1) is 11.3 Å². The monoisotopic (exact) mass is 278 g/mol. The van der Waals surface area contributed by atoms with Gasteiger partial charge in [-0.05, 0) is 62.7 Å². The Morgan fingerprint density at radius 1 is 1.37 bits per heavy atom. The van der Waals surface area contributed by atoms with Gasteiger partial charge in [0.25, 0.3) is 0 Å². The van der Waals surface area contributed by atoms with E-state index in [1.54, 1.807) is 4.88 Å². The molecule has 0 saturated carbocycles. The van der Waals surface area contributed by atoms with Crippen LogP contribution in [0.2, 0.25) is 0 Å². The predicted molar refractivity (Wildman–Crippen MR) is 78.4 cm³/mol. The molecule has 0 radical (unpaired) electrons. The Kier molecular flexibility index (Phi) is 4.18. The molecule has 1 amide bonds. The van der Waals surface area contributed by atoms with Crippen LogP contribution in [0.5, 0.6) is 0 Å². The van der Waals surface area contributed by atoms with Gasteiger partial charge in [0.1, 0.15) is 0 Å². The van der Waals surface area contributed by atoms with Crippen LogP contribution in [0.4, 0.5) is 0 Å². The second-order valence-electron chi connectivity index (χ2n) is 5.69. The van der Waals surface area contributed by atoms with Crippen molar-refractivity contribution < 1.29 is 4.79 Å². The number of hydrogen-bond donors (Lipinski definition) is 2. The van der Waals surface area contributed by atoms with Crippen LogP contribution < -0.4 is 10.6 Å². The first-order valence-electron chi connectivity index (χ1n) is 7.39. The van der Waals surface area contributed by atoms with Crippen molar-refractivity contribution in [2.24, 2.45) is 5.92 Å². The maximum atomic E-state index is 11.9. The average molecular weight is 278 g/mol. The third-order valence-electron chi connectivity index (χ3n) is 4.19. The van der Waals surface area contributed by atoms with Crippen LogP contribution in [-0.4, -0.2) is 19.0 Å². The van der Waals surface area contributed by atoms with Crippen molar-refractivity contribution in [2.45, 2.75) is 45.1 Å². The maximum Gasteiger partial charge on any atom is 0.220 e. The quantitative estimate of drug-likeness (QED) is 0.887. The Hall–Kier alpha value is -0.870. The van der Waals surface area contributed by atoms with Crippen LogP contribution in [0.3, 0.4) is 0 Å².